The fourth-order valence-electron chi connectivity index (χ4n) is 2.44. The van der Waals surface area contributed by atoms with Crippen molar-refractivity contribution < 1.29 is 14.3 Å². The Bertz CT molecular complexity index is 740. The molecule has 2 rings (SSSR count). The first-order valence-corrected chi connectivity index (χ1v) is 8.12. The topological polar surface area (TPSA) is 57.9 Å². The predicted molar refractivity (Wildman–Crippen MR) is 98.4 cm³/mol. The number of ether oxygens (including phenoxy) is 2. The summed E-state index contributed by atoms with van der Waals surface area (Å²) >= 11 is 0. The molecule has 1 heterocycles. The van der Waals surface area contributed by atoms with Crippen molar-refractivity contribution in [3.8, 4) is 11.5 Å². The summed E-state index contributed by atoms with van der Waals surface area (Å²) in [6.45, 7) is 7.00. The van der Waals surface area contributed by atoms with E-state index in [1.165, 1.54) is 7.11 Å². The van der Waals surface area contributed by atoms with E-state index < -0.39 is 0 Å². The molecule has 134 valence electrons. The Morgan fingerprint density at radius 2 is 1.88 bits per heavy atom. The van der Waals surface area contributed by atoms with Crippen LogP contribution >= 0.6 is 0 Å². The number of aryl methyl sites for hydroxylation is 3. The van der Waals surface area contributed by atoms with Crippen molar-refractivity contribution in [2.45, 2.75) is 27.4 Å². The van der Waals surface area contributed by atoms with Crippen molar-refractivity contribution in [1.29, 1.82) is 0 Å². The van der Waals surface area contributed by atoms with E-state index in [-0.39, 0.29) is 0 Å². The number of aromatic nitrogens is 2. The number of allylic oxidation sites excluding steroid dienone is 1. The molecule has 0 aliphatic rings. The third kappa shape index (κ3) is 5.11. The number of nitrogens with zero attached hydrogens (tertiary/aromatic N) is 3. The zero-order valence-corrected chi connectivity index (χ0v) is 15.4. The van der Waals surface area contributed by atoms with Crippen molar-refractivity contribution in [1.82, 2.24) is 9.78 Å². The molecule has 0 aliphatic carbocycles. The molecule has 0 amide bonds. The summed E-state index contributed by atoms with van der Waals surface area (Å²) in [5, 5.41) is 8.07. The van der Waals surface area contributed by atoms with Crippen LogP contribution in [-0.4, -0.2) is 29.7 Å². The zero-order chi connectivity index (χ0) is 18.2. The predicted octanol–water partition coefficient (Wildman–Crippen LogP) is 3.55. The third-order valence-corrected chi connectivity index (χ3v) is 3.67. The lowest BCUT2D eigenvalue weighted by molar-refractivity contribution is 0.215. The van der Waals surface area contributed by atoms with Crippen LogP contribution in [0.25, 0.3) is 0 Å². The highest BCUT2D eigenvalue weighted by molar-refractivity contribution is 5.76. The summed E-state index contributed by atoms with van der Waals surface area (Å²) in [4.78, 5) is 4.67. The summed E-state index contributed by atoms with van der Waals surface area (Å²) in [6.07, 6.45) is 5.51. The summed E-state index contributed by atoms with van der Waals surface area (Å²) in [5.74, 6) is 1.71. The van der Waals surface area contributed by atoms with Crippen LogP contribution < -0.4 is 9.47 Å². The fraction of sp³-hybridized carbons (Fsp3) is 0.368. The molecule has 0 saturated heterocycles. The lowest BCUT2D eigenvalue weighted by Crippen LogP contribution is -2.05. The summed E-state index contributed by atoms with van der Waals surface area (Å²) < 4.78 is 13.5. The molecule has 1 aromatic heterocycles. The van der Waals surface area contributed by atoms with Gasteiger partial charge in [-0.25, -0.2) is 0 Å². The molecular formula is C19H25N3O3. The van der Waals surface area contributed by atoms with Gasteiger partial charge in [0.15, 0.2) is 0 Å². The summed E-state index contributed by atoms with van der Waals surface area (Å²) in [5.41, 5.74) is 3.76. The maximum absolute atomic E-state index is 6.03. The van der Waals surface area contributed by atoms with Crippen LogP contribution in [0.15, 0.2) is 35.5 Å². The van der Waals surface area contributed by atoms with Gasteiger partial charge in [-0.05, 0) is 50.1 Å². The Kier molecular flexibility index (Phi) is 6.62. The second-order valence-corrected chi connectivity index (χ2v) is 5.66. The molecule has 0 N–H and O–H groups in total. The van der Waals surface area contributed by atoms with Gasteiger partial charge in [0.2, 0.25) is 0 Å². The van der Waals surface area contributed by atoms with Crippen LogP contribution in [0.5, 0.6) is 11.5 Å². The molecule has 0 saturated carbocycles. The normalized spacial score (nSPS) is 11.4. The molecule has 6 nitrogen and oxygen atoms in total. The molecule has 25 heavy (non-hydrogen) atoms. The van der Waals surface area contributed by atoms with E-state index in [4.69, 9.17) is 9.47 Å². The first-order valence-electron chi connectivity index (χ1n) is 8.12. The molecule has 0 fully saturated rings. The van der Waals surface area contributed by atoms with Crippen LogP contribution in [-0.2, 0) is 18.5 Å². The number of oxime groups is 1. The van der Waals surface area contributed by atoms with Gasteiger partial charge < -0.3 is 14.3 Å². The van der Waals surface area contributed by atoms with Crippen LogP contribution in [0.4, 0.5) is 0 Å². The average molecular weight is 343 g/mol. The first-order chi connectivity index (χ1) is 12.0. The van der Waals surface area contributed by atoms with E-state index in [0.717, 1.165) is 34.0 Å². The minimum atomic E-state index is 0.421. The second kappa shape index (κ2) is 8.92. The van der Waals surface area contributed by atoms with Gasteiger partial charge in [0.1, 0.15) is 37.5 Å². The standard InChI is InChI=1S/C19H25N3O3/c1-6-7-8-24-18-9-14(2)19(15(3)10-18)25-13-17-11-16(12-20-23-5)21-22(17)4/h6-7,9-12H,8,13H2,1-5H3/b7-6+,20-12?. The molecule has 0 unspecified atom stereocenters. The van der Waals surface area contributed by atoms with Crippen molar-refractivity contribution in [2.75, 3.05) is 13.7 Å². The first kappa shape index (κ1) is 18.6. The van der Waals surface area contributed by atoms with E-state index in [1.54, 1.807) is 10.9 Å². The van der Waals surface area contributed by atoms with Gasteiger partial charge in [-0.3, -0.25) is 4.68 Å². The van der Waals surface area contributed by atoms with E-state index in [1.807, 2.05) is 58.2 Å². The largest absolute Gasteiger partial charge is 0.490 e. The molecule has 2 aromatic rings. The fourth-order valence-corrected chi connectivity index (χ4v) is 2.44. The Balaban J connectivity index is 2.08. The Morgan fingerprint density at radius 1 is 1.16 bits per heavy atom. The van der Waals surface area contributed by atoms with Gasteiger partial charge >= 0.3 is 0 Å². The molecule has 0 aliphatic heterocycles. The number of benzene rings is 1. The zero-order valence-electron chi connectivity index (χ0n) is 15.4. The molecule has 0 spiro atoms. The van der Waals surface area contributed by atoms with Gasteiger partial charge in [-0.2, -0.15) is 5.10 Å². The monoisotopic (exact) mass is 343 g/mol. The highest BCUT2D eigenvalue weighted by atomic mass is 16.6. The second-order valence-electron chi connectivity index (χ2n) is 5.66. The van der Waals surface area contributed by atoms with Crippen molar-refractivity contribution >= 4 is 6.21 Å². The molecular weight excluding hydrogens is 318 g/mol. The maximum Gasteiger partial charge on any atom is 0.130 e. The minimum Gasteiger partial charge on any atom is -0.490 e. The van der Waals surface area contributed by atoms with Crippen LogP contribution in [0.2, 0.25) is 0 Å². The quantitative estimate of drug-likeness (QED) is 0.418. The lowest BCUT2D eigenvalue weighted by Gasteiger charge is -2.14. The van der Waals surface area contributed by atoms with Gasteiger partial charge in [-0.1, -0.05) is 17.3 Å². The van der Waals surface area contributed by atoms with Crippen LogP contribution in [0.3, 0.4) is 0 Å². The van der Waals surface area contributed by atoms with Crippen molar-refractivity contribution in [2.24, 2.45) is 12.2 Å². The van der Waals surface area contributed by atoms with Gasteiger partial charge in [0.25, 0.3) is 0 Å². The van der Waals surface area contributed by atoms with Crippen LogP contribution in [0, 0.1) is 13.8 Å². The third-order valence-electron chi connectivity index (χ3n) is 3.67. The van der Waals surface area contributed by atoms with E-state index in [0.29, 0.717) is 13.2 Å². The average Bonchev–Trinajstić information content (AvgIpc) is 2.92. The Hall–Kier alpha value is -2.76. The highest BCUT2D eigenvalue weighted by Gasteiger charge is 2.10. The smallest absolute Gasteiger partial charge is 0.130 e. The number of rotatable bonds is 8. The number of hydrogen-bond donors (Lipinski definition) is 0. The van der Waals surface area contributed by atoms with Gasteiger partial charge in [-0.15, -0.1) is 0 Å². The molecule has 0 atom stereocenters. The Morgan fingerprint density at radius 3 is 2.52 bits per heavy atom. The highest BCUT2D eigenvalue weighted by Crippen LogP contribution is 2.29. The van der Waals surface area contributed by atoms with Gasteiger partial charge in [0, 0.05) is 7.05 Å². The van der Waals surface area contributed by atoms with E-state index in [2.05, 4.69) is 15.1 Å². The summed E-state index contributed by atoms with van der Waals surface area (Å²) in [7, 11) is 3.38. The van der Waals surface area contributed by atoms with Crippen molar-refractivity contribution in [3.63, 3.8) is 0 Å². The molecule has 0 bridgehead atoms. The lowest BCUT2D eigenvalue weighted by atomic mass is 10.1. The molecule has 0 radical (unpaired) electrons. The van der Waals surface area contributed by atoms with Gasteiger partial charge in [0.05, 0.1) is 11.9 Å². The van der Waals surface area contributed by atoms with Crippen LogP contribution in [0.1, 0.15) is 29.4 Å². The minimum absolute atomic E-state index is 0.421. The van der Waals surface area contributed by atoms with E-state index in [9.17, 15) is 0 Å². The SMILES string of the molecule is C/C=C/COc1cc(C)c(OCc2cc(C=NOC)nn2C)c(C)c1. The molecule has 6 heteroatoms. The summed E-state index contributed by atoms with van der Waals surface area (Å²) in [6, 6.07) is 5.90. The van der Waals surface area contributed by atoms with E-state index >= 15 is 0 Å². The maximum atomic E-state index is 6.03. The van der Waals surface area contributed by atoms with Crippen molar-refractivity contribution in [3.05, 3.63) is 52.9 Å². The molecule has 1 aromatic carbocycles. The Labute approximate surface area is 148 Å². The number of hydrogen-bond acceptors (Lipinski definition) is 5.